The number of hydrogen-bond acceptors (Lipinski definition) is 4. The van der Waals surface area contributed by atoms with Crippen molar-refractivity contribution in [2.24, 2.45) is 0 Å². The van der Waals surface area contributed by atoms with Crippen LogP contribution in [0, 0.1) is 6.92 Å². The molecular weight excluding hydrogens is 306 g/mol. The Morgan fingerprint density at radius 3 is 2.95 bits per heavy atom. The second kappa shape index (κ2) is 7.24. The lowest BCUT2D eigenvalue weighted by molar-refractivity contribution is 0.102. The maximum atomic E-state index is 12.3. The molecule has 0 saturated carbocycles. The Balaban J connectivity index is 2.22. The van der Waals surface area contributed by atoms with Crippen LogP contribution in [0.25, 0.3) is 0 Å². The summed E-state index contributed by atoms with van der Waals surface area (Å²) in [5, 5.41) is 3.53. The van der Waals surface area contributed by atoms with Gasteiger partial charge in [0, 0.05) is 11.4 Å². The molecule has 0 saturated heterocycles. The Kier molecular flexibility index (Phi) is 5.36. The molecule has 0 bridgehead atoms. The predicted octanol–water partition coefficient (Wildman–Crippen LogP) is 3.97. The normalized spacial score (nSPS) is 10.2. The van der Waals surface area contributed by atoms with Gasteiger partial charge in [0.05, 0.1) is 11.2 Å². The molecule has 0 aliphatic rings. The van der Waals surface area contributed by atoms with Crippen molar-refractivity contribution in [2.45, 2.75) is 12.1 Å². The minimum atomic E-state index is -0.350. The van der Waals surface area contributed by atoms with Gasteiger partial charge in [-0.05, 0) is 18.6 Å². The molecule has 1 aromatic carbocycles. The third-order valence-corrected chi connectivity index (χ3v) is 3.79. The number of rotatable bonds is 5. The van der Waals surface area contributed by atoms with E-state index in [0.717, 1.165) is 11.3 Å². The molecule has 0 aliphatic heterocycles. The van der Waals surface area contributed by atoms with Crippen molar-refractivity contribution in [3.8, 4) is 0 Å². The van der Waals surface area contributed by atoms with E-state index in [1.54, 1.807) is 6.08 Å². The Morgan fingerprint density at radius 1 is 1.48 bits per heavy atom. The zero-order valence-corrected chi connectivity index (χ0v) is 13.0. The van der Waals surface area contributed by atoms with Crippen LogP contribution in [-0.2, 0) is 0 Å². The predicted molar refractivity (Wildman–Crippen MR) is 87.1 cm³/mol. The highest BCUT2D eigenvalue weighted by Gasteiger charge is 2.15. The van der Waals surface area contributed by atoms with Crippen molar-refractivity contribution < 1.29 is 4.79 Å². The summed E-state index contributed by atoms with van der Waals surface area (Å²) in [5.74, 6) is 0.317. The lowest BCUT2D eigenvalue weighted by atomic mass is 10.2. The van der Waals surface area contributed by atoms with Crippen molar-refractivity contribution >= 4 is 35.0 Å². The number of nitrogens with zero attached hydrogens (tertiary/aromatic N) is 2. The quantitative estimate of drug-likeness (QED) is 0.515. The van der Waals surface area contributed by atoms with Crippen LogP contribution >= 0.6 is 23.4 Å². The number of carbonyl (C=O) groups excluding carboxylic acids is 1. The first-order chi connectivity index (χ1) is 10.1. The van der Waals surface area contributed by atoms with E-state index in [0.29, 0.717) is 10.9 Å². The number of hydrogen-bond donors (Lipinski definition) is 1. The zero-order chi connectivity index (χ0) is 15.2. The number of benzene rings is 1. The third kappa shape index (κ3) is 4.06. The van der Waals surface area contributed by atoms with Gasteiger partial charge in [-0.1, -0.05) is 47.6 Å². The van der Waals surface area contributed by atoms with E-state index < -0.39 is 0 Å². The summed E-state index contributed by atoms with van der Waals surface area (Å²) in [6.45, 7) is 5.55. The van der Waals surface area contributed by atoms with Gasteiger partial charge in [-0.2, -0.15) is 0 Å². The van der Waals surface area contributed by atoms with Crippen LogP contribution in [0.2, 0.25) is 5.02 Å². The van der Waals surface area contributed by atoms with Gasteiger partial charge >= 0.3 is 0 Å². The van der Waals surface area contributed by atoms with Crippen LogP contribution in [0.15, 0.2) is 48.3 Å². The number of carbonyl (C=O) groups is 1. The summed E-state index contributed by atoms with van der Waals surface area (Å²) in [4.78, 5) is 20.6. The molecule has 4 nitrogen and oxygen atoms in total. The van der Waals surface area contributed by atoms with Crippen LogP contribution in [-0.4, -0.2) is 21.6 Å². The molecule has 1 N–H and O–H groups in total. The van der Waals surface area contributed by atoms with E-state index in [1.807, 2.05) is 31.2 Å². The second-order valence-corrected chi connectivity index (χ2v) is 5.61. The minimum Gasteiger partial charge on any atom is -0.320 e. The van der Waals surface area contributed by atoms with E-state index in [9.17, 15) is 4.79 Å². The Bertz CT molecular complexity index is 676. The molecule has 21 heavy (non-hydrogen) atoms. The fourth-order valence-electron chi connectivity index (χ4n) is 1.61. The zero-order valence-electron chi connectivity index (χ0n) is 11.5. The number of amides is 1. The van der Waals surface area contributed by atoms with Gasteiger partial charge in [0.15, 0.2) is 10.9 Å². The summed E-state index contributed by atoms with van der Waals surface area (Å²) in [6.07, 6.45) is 3.18. The molecule has 0 atom stereocenters. The van der Waals surface area contributed by atoms with Crippen LogP contribution in [0.5, 0.6) is 0 Å². The van der Waals surface area contributed by atoms with E-state index in [1.165, 1.54) is 18.0 Å². The van der Waals surface area contributed by atoms with Crippen molar-refractivity contribution in [2.75, 3.05) is 11.1 Å². The van der Waals surface area contributed by atoms with E-state index in [4.69, 9.17) is 11.6 Å². The molecular formula is C15H14ClN3OS. The third-order valence-electron chi connectivity index (χ3n) is 2.66. The lowest BCUT2D eigenvalue weighted by Gasteiger charge is -2.09. The number of nitrogens with one attached hydrogen (secondary N) is 1. The topological polar surface area (TPSA) is 54.9 Å². The number of aryl methyl sites for hydroxylation is 1. The summed E-state index contributed by atoms with van der Waals surface area (Å²) in [7, 11) is 0. The average molecular weight is 320 g/mol. The van der Waals surface area contributed by atoms with Crippen molar-refractivity contribution in [1.82, 2.24) is 9.97 Å². The van der Waals surface area contributed by atoms with Crippen molar-refractivity contribution in [1.29, 1.82) is 0 Å². The highest BCUT2D eigenvalue weighted by molar-refractivity contribution is 7.99. The smallest absolute Gasteiger partial charge is 0.275 e. The first-order valence-electron chi connectivity index (χ1n) is 6.25. The molecule has 0 unspecified atom stereocenters. The first-order valence-corrected chi connectivity index (χ1v) is 7.61. The molecule has 1 aromatic heterocycles. The molecule has 6 heteroatoms. The van der Waals surface area contributed by atoms with Gasteiger partial charge in [0.1, 0.15) is 0 Å². The Hall–Kier alpha value is -1.85. The average Bonchev–Trinajstić information content (AvgIpc) is 2.48. The molecule has 108 valence electrons. The van der Waals surface area contributed by atoms with E-state index in [2.05, 4.69) is 21.9 Å². The minimum absolute atomic E-state index is 0.168. The second-order valence-electron chi connectivity index (χ2n) is 4.22. The highest BCUT2D eigenvalue weighted by Crippen LogP contribution is 2.20. The van der Waals surface area contributed by atoms with Crippen molar-refractivity contribution in [3.63, 3.8) is 0 Å². The standard InChI is InChI=1S/C15H14ClN3OS/c1-3-8-21-15-17-9-11(16)13(19-15)14(20)18-12-7-5-4-6-10(12)2/h3-7,9H,1,8H2,2H3,(H,18,20). The van der Waals surface area contributed by atoms with Crippen LogP contribution in [0.3, 0.4) is 0 Å². The van der Waals surface area contributed by atoms with Crippen LogP contribution < -0.4 is 5.32 Å². The maximum Gasteiger partial charge on any atom is 0.275 e. The SMILES string of the molecule is C=CCSc1ncc(Cl)c(C(=O)Nc2ccccc2C)n1. The molecule has 0 radical (unpaired) electrons. The van der Waals surface area contributed by atoms with Crippen LogP contribution in [0.4, 0.5) is 5.69 Å². The Morgan fingerprint density at radius 2 is 2.24 bits per heavy atom. The largest absolute Gasteiger partial charge is 0.320 e. The van der Waals surface area contributed by atoms with Crippen LogP contribution in [0.1, 0.15) is 16.1 Å². The lowest BCUT2D eigenvalue weighted by Crippen LogP contribution is -2.15. The van der Waals surface area contributed by atoms with Gasteiger partial charge in [-0.15, -0.1) is 6.58 Å². The molecule has 1 amide bonds. The molecule has 2 rings (SSSR count). The molecule has 0 aliphatic carbocycles. The molecule has 1 heterocycles. The fraction of sp³-hybridized carbons (Fsp3) is 0.133. The van der Waals surface area contributed by atoms with E-state index in [-0.39, 0.29) is 16.6 Å². The number of para-hydroxylation sites is 1. The first kappa shape index (κ1) is 15.5. The van der Waals surface area contributed by atoms with Gasteiger partial charge in [-0.3, -0.25) is 4.79 Å². The fourth-order valence-corrected chi connectivity index (χ4v) is 2.33. The number of aromatic nitrogens is 2. The molecule has 0 spiro atoms. The maximum absolute atomic E-state index is 12.3. The van der Waals surface area contributed by atoms with Gasteiger partial charge < -0.3 is 5.32 Å². The number of halogens is 1. The molecule has 2 aromatic rings. The summed E-state index contributed by atoms with van der Waals surface area (Å²) < 4.78 is 0. The number of anilines is 1. The Labute approximate surface area is 132 Å². The monoisotopic (exact) mass is 319 g/mol. The summed E-state index contributed by atoms with van der Waals surface area (Å²) in [6, 6.07) is 7.51. The van der Waals surface area contributed by atoms with Gasteiger partial charge in [-0.25, -0.2) is 9.97 Å². The van der Waals surface area contributed by atoms with Gasteiger partial charge in [0.2, 0.25) is 0 Å². The summed E-state index contributed by atoms with van der Waals surface area (Å²) >= 11 is 7.41. The van der Waals surface area contributed by atoms with E-state index >= 15 is 0 Å². The highest BCUT2D eigenvalue weighted by atomic mass is 35.5. The van der Waals surface area contributed by atoms with Crippen molar-refractivity contribution in [3.05, 3.63) is 59.4 Å². The summed E-state index contributed by atoms with van der Waals surface area (Å²) in [5.41, 5.74) is 1.87. The van der Waals surface area contributed by atoms with Gasteiger partial charge in [0.25, 0.3) is 5.91 Å². The molecule has 0 fully saturated rings. The number of thioether (sulfide) groups is 1.